The van der Waals surface area contributed by atoms with Crippen molar-refractivity contribution in [1.82, 2.24) is 9.78 Å². The second-order valence-corrected chi connectivity index (χ2v) is 4.73. The molecule has 0 spiro atoms. The number of hydrogen-bond acceptors (Lipinski definition) is 3. The fourth-order valence-electron chi connectivity index (χ4n) is 1.85. The predicted octanol–water partition coefficient (Wildman–Crippen LogP) is 4.05. The Morgan fingerprint density at radius 3 is 2.70 bits per heavy atom. The maximum atomic E-state index is 12.8. The van der Waals surface area contributed by atoms with Crippen molar-refractivity contribution < 1.29 is 23.1 Å². The molecule has 0 bridgehead atoms. The summed E-state index contributed by atoms with van der Waals surface area (Å²) in [5, 5.41) is 16.0. The van der Waals surface area contributed by atoms with Crippen LogP contribution in [0.1, 0.15) is 21.7 Å². The van der Waals surface area contributed by atoms with Crippen molar-refractivity contribution in [1.29, 1.82) is 0 Å². The van der Waals surface area contributed by atoms with Crippen molar-refractivity contribution in [3.63, 3.8) is 0 Å². The van der Waals surface area contributed by atoms with E-state index in [2.05, 4.69) is 15.1 Å². The van der Waals surface area contributed by atoms with Gasteiger partial charge in [0.15, 0.2) is 11.4 Å². The highest BCUT2D eigenvalue weighted by atomic mass is 35.5. The molecule has 1 aromatic heterocycles. The van der Waals surface area contributed by atoms with E-state index in [9.17, 15) is 18.0 Å². The summed E-state index contributed by atoms with van der Waals surface area (Å²) in [6.45, 7) is -0.230. The molecule has 0 saturated carbocycles. The molecule has 7 nitrogen and oxygen atoms in total. The molecule has 1 N–H and O–H groups in total. The number of hydrogen-bond donors (Lipinski definition) is 1. The van der Waals surface area contributed by atoms with Crippen LogP contribution in [0.2, 0.25) is 5.02 Å². The summed E-state index contributed by atoms with van der Waals surface area (Å²) >= 11 is 5.80. The molecule has 0 aliphatic rings. The number of azide groups is 1. The molecule has 23 heavy (non-hydrogen) atoms. The first-order valence-electron chi connectivity index (χ1n) is 5.94. The topological polar surface area (TPSA) is 104 Å². The zero-order chi connectivity index (χ0) is 17.2. The van der Waals surface area contributed by atoms with Gasteiger partial charge in [0.05, 0.1) is 12.2 Å². The van der Waals surface area contributed by atoms with Gasteiger partial charge in [0, 0.05) is 16.0 Å². The smallest absolute Gasteiger partial charge is 0.435 e. The van der Waals surface area contributed by atoms with Gasteiger partial charge in [-0.3, -0.25) is 0 Å². The average Bonchev–Trinajstić information content (AvgIpc) is 2.90. The fraction of sp³-hybridized carbons (Fsp3) is 0.167. The normalized spacial score (nSPS) is 11.1. The van der Waals surface area contributed by atoms with E-state index in [1.54, 1.807) is 0 Å². The Hall–Kier alpha value is -2.71. The van der Waals surface area contributed by atoms with Crippen LogP contribution in [0.4, 0.5) is 13.2 Å². The SMILES string of the molecule is [N-]=[N+]=NCc1cc(Cl)ccc1-n1nc(C(F)(F)F)cc1C(=O)O. The molecule has 120 valence electrons. The lowest BCUT2D eigenvalue weighted by molar-refractivity contribution is -0.141. The molecule has 0 aliphatic carbocycles. The Bertz CT molecular complexity index is 812. The van der Waals surface area contributed by atoms with Gasteiger partial charge in [0.1, 0.15) is 0 Å². The number of carbonyl (C=O) groups is 1. The predicted molar refractivity (Wildman–Crippen MR) is 73.4 cm³/mol. The zero-order valence-electron chi connectivity index (χ0n) is 11.1. The standard InChI is InChI=1S/C12H7ClF3N5O2/c13-7-1-2-8(6(3-7)5-18-20-17)21-9(11(22)23)4-10(19-21)12(14,15)16/h1-4H,5H2,(H,22,23). The summed E-state index contributed by atoms with van der Waals surface area (Å²) in [7, 11) is 0. The number of alkyl halides is 3. The van der Waals surface area contributed by atoms with E-state index in [-0.39, 0.29) is 22.8 Å². The maximum Gasteiger partial charge on any atom is 0.435 e. The van der Waals surface area contributed by atoms with Gasteiger partial charge in [-0.05, 0) is 29.3 Å². The molecule has 11 heteroatoms. The summed E-state index contributed by atoms with van der Waals surface area (Å²) in [5.41, 5.74) is 6.60. The fourth-order valence-corrected chi connectivity index (χ4v) is 2.05. The zero-order valence-corrected chi connectivity index (χ0v) is 11.9. The summed E-state index contributed by atoms with van der Waals surface area (Å²) in [4.78, 5) is 13.7. The van der Waals surface area contributed by atoms with Crippen molar-refractivity contribution in [2.45, 2.75) is 12.7 Å². The first-order valence-corrected chi connectivity index (χ1v) is 6.32. The molecule has 0 atom stereocenters. The third-order valence-electron chi connectivity index (χ3n) is 2.79. The first-order chi connectivity index (χ1) is 10.7. The van der Waals surface area contributed by atoms with Crippen molar-refractivity contribution >= 4 is 17.6 Å². The number of aromatic carboxylic acids is 1. The van der Waals surface area contributed by atoms with Crippen LogP contribution in [0.3, 0.4) is 0 Å². The number of benzene rings is 1. The minimum atomic E-state index is -4.80. The van der Waals surface area contributed by atoms with Crippen LogP contribution >= 0.6 is 11.6 Å². The van der Waals surface area contributed by atoms with Crippen molar-refractivity contribution in [2.75, 3.05) is 0 Å². The molecule has 0 aliphatic heterocycles. The van der Waals surface area contributed by atoms with Gasteiger partial charge in [0.2, 0.25) is 0 Å². The van der Waals surface area contributed by atoms with Gasteiger partial charge in [-0.25, -0.2) is 9.48 Å². The Morgan fingerprint density at radius 2 is 2.13 bits per heavy atom. The number of carboxylic acids is 1. The van der Waals surface area contributed by atoms with Gasteiger partial charge in [-0.15, -0.1) is 0 Å². The average molecular weight is 346 g/mol. The minimum Gasteiger partial charge on any atom is -0.477 e. The maximum absolute atomic E-state index is 12.8. The largest absolute Gasteiger partial charge is 0.477 e. The van der Waals surface area contributed by atoms with Crippen molar-refractivity contribution in [2.24, 2.45) is 5.11 Å². The lowest BCUT2D eigenvalue weighted by Gasteiger charge is -2.10. The molecule has 0 fully saturated rings. The van der Waals surface area contributed by atoms with Gasteiger partial charge in [-0.2, -0.15) is 18.3 Å². The molecule has 2 aromatic rings. The second kappa shape index (κ2) is 6.19. The minimum absolute atomic E-state index is 0.0229. The molecule has 0 amide bonds. The third kappa shape index (κ3) is 3.55. The highest BCUT2D eigenvalue weighted by Crippen LogP contribution is 2.30. The summed E-state index contributed by atoms with van der Waals surface area (Å²) in [6, 6.07) is 4.43. The van der Waals surface area contributed by atoms with E-state index in [0.29, 0.717) is 10.7 Å². The van der Waals surface area contributed by atoms with Gasteiger partial charge in [-0.1, -0.05) is 16.7 Å². The monoisotopic (exact) mass is 345 g/mol. The molecule has 2 rings (SSSR count). The third-order valence-corrected chi connectivity index (χ3v) is 3.03. The lowest BCUT2D eigenvalue weighted by Crippen LogP contribution is -2.11. The van der Waals surface area contributed by atoms with E-state index in [1.165, 1.54) is 18.2 Å². The summed E-state index contributed by atoms with van der Waals surface area (Å²) in [6.07, 6.45) is -4.80. The van der Waals surface area contributed by atoms with Gasteiger partial charge in [0.25, 0.3) is 0 Å². The second-order valence-electron chi connectivity index (χ2n) is 4.29. The van der Waals surface area contributed by atoms with E-state index < -0.39 is 23.5 Å². The van der Waals surface area contributed by atoms with Crippen LogP contribution in [0.5, 0.6) is 0 Å². The van der Waals surface area contributed by atoms with Crippen LogP contribution < -0.4 is 0 Å². The van der Waals surface area contributed by atoms with E-state index in [4.69, 9.17) is 22.2 Å². The Balaban J connectivity index is 2.68. The number of halogens is 4. The molecule has 0 saturated heterocycles. The first kappa shape index (κ1) is 16.7. The molecule has 0 unspecified atom stereocenters. The van der Waals surface area contributed by atoms with Crippen LogP contribution in [0.15, 0.2) is 29.4 Å². The number of rotatable bonds is 4. The quantitative estimate of drug-likeness (QED) is 0.513. The number of carboxylic acid groups (broad SMARTS) is 1. The molecule has 1 heterocycles. The van der Waals surface area contributed by atoms with Crippen LogP contribution in [-0.4, -0.2) is 20.9 Å². The Kier molecular flexibility index (Phi) is 4.48. The Morgan fingerprint density at radius 1 is 1.43 bits per heavy atom. The van der Waals surface area contributed by atoms with Crippen LogP contribution in [0.25, 0.3) is 16.1 Å². The van der Waals surface area contributed by atoms with Crippen molar-refractivity contribution in [3.05, 3.63) is 56.7 Å². The van der Waals surface area contributed by atoms with Crippen molar-refractivity contribution in [3.8, 4) is 5.69 Å². The van der Waals surface area contributed by atoms with Crippen LogP contribution in [-0.2, 0) is 12.7 Å². The number of aromatic nitrogens is 2. The van der Waals surface area contributed by atoms with Crippen LogP contribution in [0, 0.1) is 0 Å². The van der Waals surface area contributed by atoms with Gasteiger partial charge >= 0.3 is 12.1 Å². The Labute approximate surface area is 131 Å². The van der Waals surface area contributed by atoms with E-state index >= 15 is 0 Å². The summed E-state index contributed by atoms with van der Waals surface area (Å²) in [5.74, 6) is -1.59. The molecular formula is C12H7ClF3N5O2. The highest BCUT2D eigenvalue weighted by Gasteiger charge is 2.36. The number of nitrogens with zero attached hydrogens (tertiary/aromatic N) is 5. The highest BCUT2D eigenvalue weighted by molar-refractivity contribution is 6.30. The molecule has 1 aromatic carbocycles. The van der Waals surface area contributed by atoms with E-state index in [0.717, 1.165) is 0 Å². The van der Waals surface area contributed by atoms with E-state index in [1.807, 2.05) is 0 Å². The molecule has 0 radical (unpaired) electrons. The summed E-state index contributed by atoms with van der Waals surface area (Å²) < 4.78 is 38.9. The molecular weight excluding hydrogens is 339 g/mol. The van der Waals surface area contributed by atoms with Gasteiger partial charge < -0.3 is 5.11 Å². The lowest BCUT2D eigenvalue weighted by atomic mass is 10.1.